The Bertz CT molecular complexity index is 218. The summed E-state index contributed by atoms with van der Waals surface area (Å²) in [6.07, 6.45) is 0. The van der Waals surface area contributed by atoms with Gasteiger partial charge in [-0.3, -0.25) is 4.79 Å². The normalized spacial score (nSPS) is 16.3. The molecule has 0 saturated carbocycles. The summed E-state index contributed by atoms with van der Waals surface area (Å²) in [7, 11) is 1.83. The summed E-state index contributed by atoms with van der Waals surface area (Å²) in [6, 6.07) is -0.199. The van der Waals surface area contributed by atoms with E-state index in [1.807, 2.05) is 20.9 Å². The summed E-state index contributed by atoms with van der Waals surface area (Å²) < 4.78 is 0. The smallest absolute Gasteiger partial charge is 0.239 e. The average molecular weight is 214 g/mol. The van der Waals surface area contributed by atoms with E-state index >= 15 is 0 Å². The molecular weight excluding hydrogens is 188 g/mol. The van der Waals surface area contributed by atoms with Crippen molar-refractivity contribution in [2.75, 3.05) is 7.05 Å². The molecular formula is C12H26N2O. The van der Waals surface area contributed by atoms with E-state index in [-0.39, 0.29) is 29.3 Å². The highest BCUT2D eigenvalue weighted by molar-refractivity contribution is 5.82. The molecule has 0 aromatic carbocycles. The Kier molecular flexibility index (Phi) is 4.78. The molecule has 0 heterocycles. The largest absolute Gasteiger partial charge is 0.341 e. The zero-order valence-corrected chi connectivity index (χ0v) is 11.2. The molecule has 0 radical (unpaired) electrons. The maximum Gasteiger partial charge on any atom is 0.239 e. The fourth-order valence-corrected chi connectivity index (χ4v) is 1.29. The monoisotopic (exact) mass is 214 g/mol. The second-order valence-electron chi connectivity index (χ2n) is 5.76. The van der Waals surface area contributed by atoms with Crippen LogP contribution < -0.4 is 5.73 Å². The fourth-order valence-electron chi connectivity index (χ4n) is 1.29. The van der Waals surface area contributed by atoms with Crippen LogP contribution in [0.3, 0.4) is 0 Å². The van der Waals surface area contributed by atoms with Gasteiger partial charge >= 0.3 is 0 Å². The van der Waals surface area contributed by atoms with Crippen LogP contribution in [0.1, 0.15) is 41.5 Å². The second kappa shape index (κ2) is 4.97. The highest BCUT2D eigenvalue weighted by Crippen LogP contribution is 2.23. The van der Waals surface area contributed by atoms with Crippen LogP contribution in [0, 0.1) is 11.3 Å². The highest BCUT2D eigenvalue weighted by Gasteiger charge is 2.30. The number of hydrogen-bond donors (Lipinski definition) is 1. The number of nitrogens with zero attached hydrogens (tertiary/aromatic N) is 1. The van der Waals surface area contributed by atoms with Crippen molar-refractivity contribution in [1.29, 1.82) is 0 Å². The quantitative estimate of drug-likeness (QED) is 0.779. The molecule has 0 aliphatic carbocycles. The number of carbonyl (C=O) groups is 1. The number of hydrogen-bond acceptors (Lipinski definition) is 2. The molecule has 2 atom stereocenters. The molecule has 15 heavy (non-hydrogen) atoms. The molecule has 0 saturated heterocycles. The molecule has 0 fully saturated rings. The minimum absolute atomic E-state index is 0.0347. The van der Waals surface area contributed by atoms with Gasteiger partial charge in [-0.2, -0.15) is 0 Å². The molecule has 0 bridgehead atoms. The minimum Gasteiger partial charge on any atom is -0.341 e. The Balaban J connectivity index is 4.59. The standard InChI is InChI=1S/C12H26N2O/c1-8(2)10(13)11(15)14(7)9(3)12(4,5)6/h8-10H,13H2,1-7H3. The summed E-state index contributed by atoms with van der Waals surface area (Å²) in [4.78, 5) is 13.7. The van der Waals surface area contributed by atoms with Crippen molar-refractivity contribution < 1.29 is 4.79 Å². The summed E-state index contributed by atoms with van der Waals surface area (Å²) in [6.45, 7) is 12.4. The first-order valence-corrected chi connectivity index (χ1v) is 5.61. The topological polar surface area (TPSA) is 46.3 Å². The zero-order valence-electron chi connectivity index (χ0n) is 11.2. The van der Waals surface area contributed by atoms with E-state index < -0.39 is 0 Å². The number of likely N-dealkylation sites (N-methyl/N-ethyl adjacent to an activating group) is 1. The molecule has 0 aliphatic rings. The summed E-state index contributed by atoms with van der Waals surface area (Å²) >= 11 is 0. The number of carbonyl (C=O) groups excluding carboxylic acids is 1. The average Bonchev–Trinajstić information content (AvgIpc) is 2.11. The van der Waals surface area contributed by atoms with Crippen LogP contribution in [0.15, 0.2) is 0 Å². The fraction of sp³-hybridized carbons (Fsp3) is 0.917. The van der Waals surface area contributed by atoms with Crippen molar-refractivity contribution in [3.63, 3.8) is 0 Å². The molecule has 0 aromatic heterocycles. The van der Waals surface area contributed by atoms with Gasteiger partial charge in [-0.05, 0) is 18.3 Å². The van der Waals surface area contributed by atoms with E-state index in [0.717, 1.165) is 0 Å². The van der Waals surface area contributed by atoms with Gasteiger partial charge < -0.3 is 10.6 Å². The molecule has 0 rings (SSSR count). The van der Waals surface area contributed by atoms with Crippen molar-refractivity contribution in [2.24, 2.45) is 17.1 Å². The highest BCUT2D eigenvalue weighted by atomic mass is 16.2. The Hall–Kier alpha value is -0.570. The third kappa shape index (κ3) is 3.82. The molecule has 3 nitrogen and oxygen atoms in total. The van der Waals surface area contributed by atoms with Crippen LogP contribution in [-0.2, 0) is 4.79 Å². The Labute approximate surface area is 94.0 Å². The maximum atomic E-state index is 12.0. The van der Waals surface area contributed by atoms with Crippen LogP contribution in [0.4, 0.5) is 0 Å². The van der Waals surface area contributed by atoms with Gasteiger partial charge in [0, 0.05) is 13.1 Å². The lowest BCUT2D eigenvalue weighted by molar-refractivity contribution is -0.136. The van der Waals surface area contributed by atoms with Gasteiger partial charge in [0.15, 0.2) is 0 Å². The molecule has 1 amide bonds. The van der Waals surface area contributed by atoms with E-state index in [1.165, 1.54) is 0 Å². The molecule has 0 spiro atoms. The van der Waals surface area contributed by atoms with Crippen LogP contribution >= 0.6 is 0 Å². The minimum atomic E-state index is -0.389. The predicted octanol–water partition coefficient (Wildman–Crippen LogP) is 1.86. The molecule has 90 valence electrons. The van der Waals surface area contributed by atoms with Crippen LogP contribution in [0.25, 0.3) is 0 Å². The van der Waals surface area contributed by atoms with E-state index in [4.69, 9.17) is 5.73 Å². The lowest BCUT2D eigenvalue weighted by Crippen LogP contribution is -2.51. The maximum absolute atomic E-state index is 12.0. The Morgan fingerprint density at radius 2 is 1.60 bits per heavy atom. The second-order valence-corrected chi connectivity index (χ2v) is 5.76. The van der Waals surface area contributed by atoms with Gasteiger partial charge in [-0.1, -0.05) is 34.6 Å². The first-order valence-electron chi connectivity index (χ1n) is 5.61. The third-order valence-electron chi connectivity index (χ3n) is 3.19. The van der Waals surface area contributed by atoms with E-state index in [1.54, 1.807) is 4.90 Å². The van der Waals surface area contributed by atoms with E-state index in [9.17, 15) is 4.79 Å². The number of amides is 1. The van der Waals surface area contributed by atoms with Gasteiger partial charge in [-0.25, -0.2) is 0 Å². The van der Waals surface area contributed by atoms with Gasteiger partial charge in [-0.15, -0.1) is 0 Å². The zero-order chi connectivity index (χ0) is 12.4. The Morgan fingerprint density at radius 1 is 1.20 bits per heavy atom. The molecule has 2 N–H and O–H groups in total. The van der Waals surface area contributed by atoms with Gasteiger partial charge in [0.05, 0.1) is 6.04 Å². The number of nitrogens with two attached hydrogens (primary N) is 1. The summed E-state index contributed by atoms with van der Waals surface area (Å²) in [5.74, 6) is 0.222. The van der Waals surface area contributed by atoms with Crippen LogP contribution in [-0.4, -0.2) is 29.9 Å². The first kappa shape index (κ1) is 14.4. The number of rotatable bonds is 3. The molecule has 3 heteroatoms. The van der Waals surface area contributed by atoms with Crippen molar-refractivity contribution >= 4 is 5.91 Å². The first-order chi connectivity index (χ1) is 6.59. The SMILES string of the molecule is CC(C)C(N)C(=O)N(C)C(C)C(C)(C)C. The molecule has 2 unspecified atom stereocenters. The van der Waals surface area contributed by atoms with Crippen molar-refractivity contribution in [2.45, 2.75) is 53.6 Å². The lowest BCUT2D eigenvalue weighted by atomic mass is 9.86. The van der Waals surface area contributed by atoms with Gasteiger partial charge in [0.2, 0.25) is 5.91 Å². The Morgan fingerprint density at radius 3 is 1.87 bits per heavy atom. The molecule has 0 aliphatic heterocycles. The van der Waals surface area contributed by atoms with Crippen LogP contribution in [0.2, 0.25) is 0 Å². The van der Waals surface area contributed by atoms with E-state index in [0.29, 0.717) is 0 Å². The van der Waals surface area contributed by atoms with Crippen LogP contribution in [0.5, 0.6) is 0 Å². The van der Waals surface area contributed by atoms with Gasteiger partial charge in [0.25, 0.3) is 0 Å². The van der Waals surface area contributed by atoms with Crippen molar-refractivity contribution in [1.82, 2.24) is 4.90 Å². The van der Waals surface area contributed by atoms with E-state index in [2.05, 4.69) is 27.7 Å². The van der Waals surface area contributed by atoms with Crippen molar-refractivity contribution in [3.8, 4) is 0 Å². The molecule has 0 aromatic rings. The van der Waals surface area contributed by atoms with Crippen molar-refractivity contribution in [3.05, 3.63) is 0 Å². The van der Waals surface area contributed by atoms with Gasteiger partial charge in [0.1, 0.15) is 0 Å². The lowest BCUT2D eigenvalue weighted by Gasteiger charge is -2.37. The summed E-state index contributed by atoms with van der Waals surface area (Å²) in [5, 5.41) is 0. The summed E-state index contributed by atoms with van der Waals surface area (Å²) in [5.41, 5.74) is 5.94. The predicted molar refractivity (Wildman–Crippen MR) is 64.5 cm³/mol. The third-order valence-corrected chi connectivity index (χ3v) is 3.19.